The molecule has 2 fully saturated rings. The molecule has 2 saturated heterocycles. The van der Waals surface area contributed by atoms with E-state index in [1.165, 1.54) is 23.1 Å². The third kappa shape index (κ3) is 4.66. The number of halogens is 3. The van der Waals surface area contributed by atoms with E-state index in [-0.39, 0.29) is 12.2 Å². The SMILES string of the molecule is CCNc1ncc2c(n1)n(Cc1ccc(C(F)(F)F)cc1)c(=O)n2CCCN1CC2CC1CN2C. The molecular formula is C24H30F3N7O. The van der Waals surface area contributed by atoms with Gasteiger partial charge in [-0.25, -0.2) is 9.78 Å². The summed E-state index contributed by atoms with van der Waals surface area (Å²) in [5, 5.41) is 3.06. The van der Waals surface area contributed by atoms with Crippen LogP contribution in [0.25, 0.3) is 11.2 Å². The summed E-state index contributed by atoms with van der Waals surface area (Å²) in [6, 6.07) is 6.12. The van der Waals surface area contributed by atoms with E-state index in [4.69, 9.17) is 0 Å². The van der Waals surface area contributed by atoms with Gasteiger partial charge in [0.05, 0.1) is 18.3 Å². The number of nitrogens with zero attached hydrogens (tertiary/aromatic N) is 6. The van der Waals surface area contributed by atoms with Crippen LogP contribution in [0.2, 0.25) is 0 Å². The zero-order chi connectivity index (χ0) is 24.7. The van der Waals surface area contributed by atoms with Crippen LogP contribution in [0.4, 0.5) is 19.1 Å². The van der Waals surface area contributed by atoms with Gasteiger partial charge in [0.15, 0.2) is 5.65 Å². The van der Waals surface area contributed by atoms with Crippen molar-refractivity contribution in [1.29, 1.82) is 0 Å². The van der Waals surface area contributed by atoms with Crippen LogP contribution < -0.4 is 11.0 Å². The molecule has 11 heteroatoms. The van der Waals surface area contributed by atoms with Gasteiger partial charge < -0.3 is 10.2 Å². The van der Waals surface area contributed by atoms with Crippen molar-refractivity contribution < 1.29 is 13.2 Å². The Balaban J connectivity index is 1.39. The summed E-state index contributed by atoms with van der Waals surface area (Å²) in [6.07, 6.45) is -0.716. The first-order chi connectivity index (χ1) is 16.7. The molecule has 0 spiro atoms. The van der Waals surface area contributed by atoms with Crippen molar-refractivity contribution in [3.63, 3.8) is 0 Å². The Kier molecular flexibility index (Phi) is 6.30. The second-order valence-electron chi connectivity index (χ2n) is 9.48. The smallest absolute Gasteiger partial charge is 0.354 e. The summed E-state index contributed by atoms with van der Waals surface area (Å²) in [5.41, 5.74) is 0.758. The lowest BCUT2D eigenvalue weighted by Gasteiger charge is -2.31. The van der Waals surface area contributed by atoms with Gasteiger partial charge in [0.25, 0.3) is 0 Å². The molecule has 5 rings (SSSR count). The quantitative estimate of drug-likeness (QED) is 0.525. The van der Waals surface area contributed by atoms with E-state index in [2.05, 4.69) is 32.1 Å². The predicted molar refractivity (Wildman–Crippen MR) is 128 cm³/mol. The van der Waals surface area contributed by atoms with E-state index < -0.39 is 11.7 Å². The Bertz CT molecular complexity index is 1250. The van der Waals surface area contributed by atoms with Gasteiger partial charge in [0.2, 0.25) is 5.95 Å². The van der Waals surface area contributed by atoms with E-state index in [0.717, 1.165) is 38.2 Å². The fourth-order valence-corrected chi connectivity index (χ4v) is 5.33. The van der Waals surface area contributed by atoms with Crippen LogP contribution in [0.1, 0.15) is 30.9 Å². The van der Waals surface area contributed by atoms with Crippen molar-refractivity contribution in [3.8, 4) is 0 Å². The number of benzene rings is 1. The lowest BCUT2D eigenvalue weighted by Crippen LogP contribution is -2.45. The van der Waals surface area contributed by atoms with E-state index in [0.29, 0.717) is 47.8 Å². The van der Waals surface area contributed by atoms with Gasteiger partial charge in [-0.3, -0.25) is 14.0 Å². The van der Waals surface area contributed by atoms with Crippen LogP contribution in [0.5, 0.6) is 0 Å². The van der Waals surface area contributed by atoms with Crippen molar-refractivity contribution in [1.82, 2.24) is 28.9 Å². The number of fused-ring (bicyclic) bond motifs is 3. The zero-order valence-corrected chi connectivity index (χ0v) is 19.9. The number of likely N-dealkylation sites (tertiary alicyclic amines) is 2. The highest BCUT2D eigenvalue weighted by atomic mass is 19.4. The minimum atomic E-state index is -4.40. The van der Waals surface area contributed by atoms with Crippen molar-refractivity contribution in [3.05, 3.63) is 52.1 Å². The fraction of sp³-hybridized carbons (Fsp3) is 0.542. The molecule has 2 bridgehead atoms. The van der Waals surface area contributed by atoms with Crippen LogP contribution >= 0.6 is 0 Å². The minimum Gasteiger partial charge on any atom is -0.354 e. The Morgan fingerprint density at radius 2 is 1.86 bits per heavy atom. The number of aryl methyl sites for hydroxylation is 1. The first-order valence-electron chi connectivity index (χ1n) is 12.0. The molecule has 0 amide bonds. The molecule has 2 aliphatic rings. The molecule has 2 aromatic heterocycles. The Morgan fingerprint density at radius 3 is 2.49 bits per heavy atom. The third-order valence-electron chi connectivity index (χ3n) is 7.17. The second kappa shape index (κ2) is 9.27. The third-order valence-corrected chi connectivity index (χ3v) is 7.17. The molecule has 4 heterocycles. The van der Waals surface area contributed by atoms with Gasteiger partial charge >= 0.3 is 11.9 Å². The number of imidazole rings is 1. The molecule has 2 unspecified atom stereocenters. The number of rotatable bonds is 8. The van der Waals surface area contributed by atoms with Gasteiger partial charge in [-0.15, -0.1) is 0 Å². The van der Waals surface area contributed by atoms with Crippen molar-refractivity contribution in [2.45, 2.75) is 51.1 Å². The predicted octanol–water partition coefficient (Wildman–Crippen LogP) is 2.87. The summed E-state index contributed by atoms with van der Waals surface area (Å²) in [5.74, 6) is 0.413. The first kappa shape index (κ1) is 23.8. The Labute approximate surface area is 201 Å². The number of hydrogen-bond acceptors (Lipinski definition) is 6. The maximum Gasteiger partial charge on any atom is 0.416 e. The highest BCUT2D eigenvalue weighted by Gasteiger charge is 2.40. The van der Waals surface area contributed by atoms with Gasteiger partial charge in [0, 0.05) is 44.8 Å². The van der Waals surface area contributed by atoms with Crippen LogP contribution in [-0.4, -0.2) is 74.2 Å². The van der Waals surface area contributed by atoms with Crippen molar-refractivity contribution in [2.75, 3.05) is 38.5 Å². The average molecular weight is 490 g/mol. The summed E-state index contributed by atoms with van der Waals surface area (Å²) in [6.45, 7) is 6.30. The van der Waals surface area contributed by atoms with E-state index >= 15 is 0 Å². The maximum absolute atomic E-state index is 13.4. The van der Waals surface area contributed by atoms with Crippen molar-refractivity contribution in [2.24, 2.45) is 0 Å². The minimum absolute atomic E-state index is 0.130. The molecule has 2 atom stereocenters. The molecule has 3 aromatic rings. The summed E-state index contributed by atoms with van der Waals surface area (Å²) >= 11 is 0. The second-order valence-corrected chi connectivity index (χ2v) is 9.48. The van der Waals surface area contributed by atoms with E-state index in [9.17, 15) is 18.0 Å². The monoisotopic (exact) mass is 489 g/mol. The summed E-state index contributed by atoms with van der Waals surface area (Å²) in [4.78, 5) is 27.2. The van der Waals surface area contributed by atoms with Crippen LogP contribution in [0.3, 0.4) is 0 Å². The Morgan fingerprint density at radius 1 is 1.09 bits per heavy atom. The topological polar surface area (TPSA) is 71.2 Å². The fourth-order valence-electron chi connectivity index (χ4n) is 5.33. The average Bonchev–Trinajstić information content (AvgIpc) is 3.46. The molecule has 8 nitrogen and oxygen atoms in total. The molecule has 0 saturated carbocycles. The maximum atomic E-state index is 13.4. The standard InChI is InChI=1S/C24H30F3N7O/c1-3-28-22-29-12-20-21(30-22)34(13-16-5-7-17(8-6-16)24(25,26)27)23(35)33(20)10-4-9-32-15-18-11-19(32)14-31(18)2/h5-8,12,18-19H,3-4,9-11,13-15H2,1-2H3,(H,28,29,30). The summed E-state index contributed by atoms with van der Waals surface area (Å²) < 4.78 is 42.1. The van der Waals surface area contributed by atoms with Crippen LogP contribution in [0, 0.1) is 0 Å². The van der Waals surface area contributed by atoms with Gasteiger partial charge in [0.1, 0.15) is 5.52 Å². The molecule has 0 radical (unpaired) electrons. The molecule has 188 valence electrons. The van der Waals surface area contributed by atoms with Crippen LogP contribution in [0.15, 0.2) is 35.3 Å². The molecular weight excluding hydrogens is 459 g/mol. The number of aromatic nitrogens is 4. The summed E-state index contributed by atoms with van der Waals surface area (Å²) in [7, 11) is 2.18. The number of piperazine rings is 1. The molecule has 2 aliphatic heterocycles. The van der Waals surface area contributed by atoms with Gasteiger partial charge in [-0.1, -0.05) is 12.1 Å². The molecule has 0 aliphatic carbocycles. The highest BCUT2D eigenvalue weighted by Crippen LogP contribution is 2.30. The Hall–Kier alpha value is -2.92. The van der Waals surface area contributed by atoms with E-state index in [1.54, 1.807) is 10.8 Å². The van der Waals surface area contributed by atoms with Gasteiger partial charge in [-0.05, 0) is 44.5 Å². The molecule has 1 aromatic carbocycles. The lowest BCUT2D eigenvalue weighted by molar-refractivity contribution is -0.137. The number of hydrogen-bond donors (Lipinski definition) is 1. The molecule has 1 N–H and O–H groups in total. The zero-order valence-electron chi connectivity index (χ0n) is 19.9. The first-order valence-corrected chi connectivity index (χ1v) is 12.0. The van der Waals surface area contributed by atoms with Crippen LogP contribution in [-0.2, 0) is 19.3 Å². The van der Waals surface area contributed by atoms with Gasteiger partial charge in [-0.2, -0.15) is 18.2 Å². The lowest BCUT2D eigenvalue weighted by atomic mass is 10.1. The van der Waals surface area contributed by atoms with Crippen molar-refractivity contribution >= 4 is 17.1 Å². The normalized spacial score (nSPS) is 20.8. The number of likely N-dealkylation sites (N-methyl/N-ethyl adjacent to an activating group) is 1. The van der Waals surface area contributed by atoms with E-state index in [1.807, 2.05) is 6.92 Å². The number of anilines is 1. The number of nitrogens with one attached hydrogen (secondary N) is 1. The molecule has 35 heavy (non-hydrogen) atoms. The largest absolute Gasteiger partial charge is 0.416 e. The highest BCUT2D eigenvalue weighted by molar-refractivity contribution is 5.72. The number of alkyl halides is 3.